The minimum atomic E-state index is -3.69. The molecule has 2 rings (SSSR count). The van der Waals surface area contributed by atoms with Gasteiger partial charge >= 0.3 is 5.97 Å². The van der Waals surface area contributed by atoms with Gasteiger partial charge in [0.25, 0.3) is 0 Å². The Morgan fingerprint density at radius 2 is 2.00 bits per heavy atom. The number of nitrogens with two attached hydrogens (primary N) is 1. The molecule has 116 valence electrons. The number of carboxylic acid groups (broad SMARTS) is 1. The molecular formula is C14H20N2O4S. The predicted molar refractivity (Wildman–Crippen MR) is 79.6 cm³/mol. The van der Waals surface area contributed by atoms with Gasteiger partial charge < -0.3 is 10.8 Å². The van der Waals surface area contributed by atoms with E-state index in [-0.39, 0.29) is 22.2 Å². The van der Waals surface area contributed by atoms with Crippen LogP contribution in [-0.2, 0) is 10.0 Å². The summed E-state index contributed by atoms with van der Waals surface area (Å²) in [5.74, 6) is -1.13. The second-order valence-corrected chi connectivity index (χ2v) is 7.06. The molecule has 0 heterocycles. The lowest BCUT2D eigenvalue weighted by atomic mass is 10.2. The van der Waals surface area contributed by atoms with Crippen LogP contribution in [0.1, 0.15) is 43.0 Å². The number of hydrogen-bond acceptors (Lipinski definition) is 4. The van der Waals surface area contributed by atoms with Crippen molar-refractivity contribution in [1.29, 1.82) is 0 Å². The Labute approximate surface area is 124 Å². The van der Waals surface area contributed by atoms with Gasteiger partial charge in [-0.3, -0.25) is 0 Å². The van der Waals surface area contributed by atoms with Gasteiger partial charge in [0.05, 0.1) is 11.3 Å². The molecule has 0 unspecified atom stereocenters. The molecule has 1 saturated carbocycles. The average molecular weight is 312 g/mol. The van der Waals surface area contributed by atoms with E-state index in [4.69, 9.17) is 10.8 Å². The highest BCUT2D eigenvalue weighted by Crippen LogP contribution is 2.30. The third kappa shape index (κ3) is 3.03. The minimum absolute atomic E-state index is 0.0125. The molecule has 0 spiro atoms. The monoisotopic (exact) mass is 312 g/mol. The number of aromatic carboxylic acids is 1. The molecule has 1 aliphatic rings. The highest BCUT2D eigenvalue weighted by atomic mass is 32.2. The molecule has 7 heteroatoms. The summed E-state index contributed by atoms with van der Waals surface area (Å²) in [6, 6.07) is 3.76. The van der Waals surface area contributed by atoms with Crippen LogP contribution in [0.5, 0.6) is 0 Å². The Hall–Kier alpha value is -1.60. The van der Waals surface area contributed by atoms with Crippen LogP contribution in [0, 0.1) is 0 Å². The first-order valence-corrected chi connectivity index (χ1v) is 8.46. The maximum Gasteiger partial charge on any atom is 0.335 e. The molecule has 6 nitrogen and oxygen atoms in total. The summed E-state index contributed by atoms with van der Waals surface area (Å²) in [5.41, 5.74) is 5.73. The van der Waals surface area contributed by atoms with Crippen molar-refractivity contribution in [1.82, 2.24) is 4.31 Å². The molecule has 0 radical (unpaired) electrons. The molecule has 21 heavy (non-hydrogen) atoms. The Morgan fingerprint density at radius 3 is 2.48 bits per heavy atom. The van der Waals surface area contributed by atoms with E-state index in [2.05, 4.69) is 0 Å². The van der Waals surface area contributed by atoms with Gasteiger partial charge in [-0.2, -0.15) is 4.31 Å². The number of nitrogen functional groups attached to an aromatic ring is 1. The lowest BCUT2D eigenvalue weighted by Crippen LogP contribution is -2.38. The molecule has 0 amide bonds. The molecule has 1 aromatic rings. The Bertz CT molecular complexity index is 636. The summed E-state index contributed by atoms with van der Waals surface area (Å²) in [4.78, 5) is 10.9. The quantitative estimate of drug-likeness (QED) is 0.809. The van der Waals surface area contributed by atoms with E-state index >= 15 is 0 Å². The van der Waals surface area contributed by atoms with Crippen LogP contribution in [0.25, 0.3) is 0 Å². The summed E-state index contributed by atoms with van der Waals surface area (Å²) >= 11 is 0. The molecule has 1 fully saturated rings. The predicted octanol–water partition coefficient (Wildman–Crippen LogP) is 1.92. The van der Waals surface area contributed by atoms with Crippen molar-refractivity contribution < 1.29 is 18.3 Å². The first-order valence-electron chi connectivity index (χ1n) is 7.02. The molecule has 3 N–H and O–H groups in total. The van der Waals surface area contributed by atoms with Crippen LogP contribution in [0.2, 0.25) is 0 Å². The van der Waals surface area contributed by atoms with Gasteiger partial charge in [-0.1, -0.05) is 19.8 Å². The molecule has 0 aromatic heterocycles. The summed E-state index contributed by atoms with van der Waals surface area (Å²) in [5, 5.41) is 8.92. The number of rotatable bonds is 5. The van der Waals surface area contributed by atoms with E-state index in [9.17, 15) is 13.2 Å². The van der Waals surface area contributed by atoms with Gasteiger partial charge in [0.15, 0.2) is 0 Å². The number of anilines is 1. The van der Waals surface area contributed by atoms with Gasteiger partial charge in [-0.15, -0.1) is 0 Å². The molecular weight excluding hydrogens is 292 g/mol. The number of hydrogen-bond donors (Lipinski definition) is 2. The number of carbonyl (C=O) groups is 1. The van der Waals surface area contributed by atoms with E-state index in [1.807, 2.05) is 0 Å². The zero-order chi connectivity index (χ0) is 15.6. The fourth-order valence-electron chi connectivity index (χ4n) is 2.86. The molecule has 0 atom stereocenters. The van der Waals surface area contributed by atoms with Crippen molar-refractivity contribution in [2.75, 3.05) is 12.3 Å². The summed E-state index contributed by atoms with van der Waals surface area (Å²) in [7, 11) is -3.69. The molecule has 0 saturated heterocycles. The van der Waals surface area contributed by atoms with E-state index in [0.717, 1.165) is 25.7 Å². The zero-order valence-electron chi connectivity index (χ0n) is 11.9. The molecule has 0 aliphatic heterocycles. The van der Waals surface area contributed by atoms with Crippen LogP contribution >= 0.6 is 0 Å². The Morgan fingerprint density at radius 1 is 1.38 bits per heavy atom. The molecule has 1 aliphatic carbocycles. The molecule has 1 aromatic carbocycles. The highest BCUT2D eigenvalue weighted by molar-refractivity contribution is 7.89. The standard InChI is InChI=1S/C14H20N2O4S/c1-2-16(11-5-3-4-6-11)21(19,20)13-8-7-10(14(17)18)9-12(13)15/h7-9,11H,2-6,15H2,1H3,(H,17,18). The molecule has 0 bridgehead atoms. The Kier molecular flexibility index (Phi) is 4.53. The third-order valence-corrected chi connectivity index (χ3v) is 5.99. The van der Waals surface area contributed by atoms with Gasteiger partial charge in [-0.05, 0) is 31.0 Å². The smallest absolute Gasteiger partial charge is 0.335 e. The second kappa shape index (κ2) is 6.03. The fourth-order valence-corrected chi connectivity index (χ4v) is 4.65. The summed E-state index contributed by atoms with van der Waals surface area (Å²) < 4.78 is 27.0. The first kappa shape index (κ1) is 15.8. The SMILES string of the molecule is CCN(C1CCCC1)S(=O)(=O)c1ccc(C(=O)O)cc1N. The van der Waals surface area contributed by atoms with E-state index in [0.29, 0.717) is 6.54 Å². The van der Waals surface area contributed by atoms with Gasteiger partial charge in [0.2, 0.25) is 10.0 Å². The fraction of sp³-hybridized carbons (Fsp3) is 0.500. The first-order chi connectivity index (χ1) is 9.87. The topological polar surface area (TPSA) is 101 Å². The van der Waals surface area contributed by atoms with Crippen molar-refractivity contribution >= 4 is 21.7 Å². The van der Waals surface area contributed by atoms with Gasteiger partial charge in [-0.25, -0.2) is 13.2 Å². The maximum atomic E-state index is 12.8. The lowest BCUT2D eigenvalue weighted by molar-refractivity contribution is 0.0697. The van der Waals surface area contributed by atoms with Crippen LogP contribution in [0.4, 0.5) is 5.69 Å². The van der Waals surface area contributed by atoms with Crippen LogP contribution in [0.15, 0.2) is 23.1 Å². The Balaban J connectivity index is 2.40. The van der Waals surface area contributed by atoms with Crippen LogP contribution in [0.3, 0.4) is 0 Å². The van der Waals surface area contributed by atoms with Gasteiger partial charge in [0.1, 0.15) is 4.90 Å². The van der Waals surface area contributed by atoms with Crippen molar-refractivity contribution in [2.24, 2.45) is 0 Å². The van der Waals surface area contributed by atoms with Crippen LogP contribution in [-0.4, -0.2) is 36.4 Å². The second-order valence-electron chi connectivity index (χ2n) is 5.20. The van der Waals surface area contributed by atoms with E-state index in [1.165, 1.54) is 22.5 Å². The minimum Gasteiger partial charge on any atom is -0.478 e. The summed E-state index contributed by atoms with van der Waals surface area (Å²) in [6.07, 6.45) is 3.79. The summed E-state index contributed by atoms with van der Waals surface area (Å²) in [6.45, 7) is 2.19. The van der Waals surface area contributed by atoms with E-state index < -0.39 is 16.0 Å². The number of nitrogens with zero attached hydrogens (tertiary/aromatic N) is 1. The number of benzene rings is 1. The van der Waals surface area contributed by atoms with Crippen LogP contribution < -0.4 is 5.73 Å². The lowest BCUT2D eigenvalue weighted by Gasteiger charge is -2.27. The maximum absolute atomic E-state index is 12.8. The number of carboxylic acids is 1. The van der Waals surface area contributed by atoms with Crippen molar-refractivity contribution in [3.05, 3.63) is 23.8 Å². The van der Waals surface area contributed by atoms with Crippen molar-refractivity contribution in [3.8, 4) is 0 Å². The van der Waals surface area contributed by atoms with Crippen molar-refractivity contribution in [2.45, 2.75) is 43.5 Å². The zero-order valence-corrected chi connectivity index (χ0v) is 12.8. The normalized spacial score (nSPS) is 16.5. The third-order valence-electron chi connectivity index (χ3n) is 3.89. The van der Waals surface area contributed by atoms with Crippen molar-refractivity contribution in [3.63, 3.8) is 0 Å². The average Bonchev–Trinajstić information content (AvgIpc) is 2.92. The highest BCUT2D eigenvalue weighted by Gasteiger charge is 2.33. The van der Waals surface area contributed by atoms with Gasteiger partial charge in [0, 0.05) is 12.6 Å². The number of sulfonamides is 1. The van der Waals surface area contributed by atoms with E-state index in [1.54, 1.807) is 6.92 Å². The largest absolute Gasteiger partial charge is 0.478 e.